The summed E-state index contributed by atoms with van der Waals surface area (Å²) in [7, 11) is -1.20. The van der Waals surface area contributed by atoms with Gasteiger partial charge in [0.25, 0.3) is 0 Å². The summed E-state index contributed by atoms with van der Waals surface area (Å²) in [5, 5.41) is 0. The highest BCUT2D eigenvalue weighted by atomic mass is 28.3. The smallest absolute Gasteiger partial charge is 0.305 e. The Balaban J connectivity index is 3.62. The Kier molecular flexibility index (Phi) is 19.1. The molecule has 5 heteroatoms. The molecule has 0 bridgehead atoms. The lowest BCUT2D eigenvalue weighted by atomic mass is 10.0. The maximum atomic E-state index is 12.0. The van der Waals surface area contributed by atoms with Crippen molar-refractivity contribution in [1.29, 1.82) is 0 Å². The maximum Gasteiger partial charge on any atom is 0.305 e. The van der Waals surface area contributed by atoms with E-state index in [1.807, 2.05) is 20.8 Å². The van der Waals surface area contributed by atoms with E-state index in [4.69, 9.17) is 13.9 Å². The number of hydrogen-bond acceptors (Lipinski definition) is 4. The Morgan fingerprint density at radius 1 is 0.767 bits per heavy atom. The van der Waals surface area contributed by atoms with Crippen molar-refractivity contribution in [1.82, 2.24) is 0 Å². The summed E-state index contributed by atoms with van der Waals surface area (Å²) in [5.41, 5.74) is -0.210. The van der Waals surface area contributed by atoms with Crippen LogP contribution >= 0.6 is 0 Å². The van der Waals surface area contributed by atoms with Crippen LogP contribution in [-0.2, 0) is 18.7 Å². The Morgan fingerprint density at radius 3 is 1.67 bits per heavy atom. The minimum Gasteiger partial charge on any atom is -0.463 e. The number of ether oxygens (including phenoxy) is 2. The second kappa shape index (κ2) is 19.3. The molecule has 0 radical (unpaired) electrons. The van der Waals surface area contributed by atoms with Crippen molar-refractivity contribution in [3.63, 3.8) is 0 Å². The third kappa shape index (κ3) is 22.3. The highest BCUT2D eigenvalue weighted by Gasteiger charge is 2.19. The lowest BCUT2D eigenvalue weighted by molar-refractivity contribution is -0.148. The van der Waals surface area contributed by atoms with E-state index in [-0.39, 0.29) is 17.7 Å². The highest BCUT2D eigenvalue weighted by molar-refractivity contribution is 6.48. The molecule has 0 rings (SSSR count). The van der Waals surface area contributed by atoms with Gasteiger partial charge >= 0.3 is 5.97 Å². The molecule has 0 saturated heterocycles. The largest absolute Gasteiger partial charge is 0.463 e. The van der Waals surface area contributed by atoms with Crippen LogP contribution < -0.4 is 0 Å². The fraction of sp³-hybridized carbons (Fsp3) is 0.960. The number of carbonyl (C=O) groups excluding carboxylic acids is 1. The lowest BCUT2D eigenvalue weighted by Gasteiger charge is -2.25. The van der Waals surface area contributed by atoms with Crippen molar-refractivity contribution in [2.45, 2.75) is 142 Å². The minimum atomic E-state index is -1.20. The van der Waals surface area contributed by atoms with E-state index in [0.717, 1.165) is 12.8 Å². The zero-order chi connectivity index (χ0) is 22.7. The molecule has 1 atom stereocenters. The van der Waals surface area contributed by atoms with Gasteiger partial charge in [0.2, 0.25) is 0 Å². The summed E-state index contributed by atoms with van der Waals surface area (Å²) >= 11 is 0. The van der Waals surface area contributed by atoms with Gasteiger partial charge in [-0.25, -0.2) is 0 Å². The van der Waals surface area contributed by atoms with Crippen LogP contribution in [0.2, 0.25) is 13.1 Å². The standard InChI is InChI=1S/C25H52O4Si/c1-7-8-9-10-11-12-13-14-15-16-17-18-19-20-24(26)27-21-23(29-30(5)6)22-28-25(2,3)4/h23,30H,7-22H2,1-6H3. The van der Waals surface area contributed by atoms with Crippen molar-refractivity contribution < 1.29 is 18.7 Å². The second-order valence-corrected chi connectivity index (χ2v) is 12.3. The van der Waals surface area contributed by atoms with Gasteiger partial charge in [0, 0.05) is 6.42 Å². The van der Waals surface area contributed by atoms with E-state index in [0.29, 0.717) is 19.6 Å². The van der Waals surface area contributed by atoms with Crippen LogP contribution in [0.25, 0.3) is 0 Å². The van der Waals surface area contributed by atoms with Gasteiger partial charge in [0.05, 0.1) is 12.2 Å². The van der Waals surface area contributed by atoms with Crippen molar-refractivity contribution in [2.75, 3.05) is 13.2 Å². The fourth-order valence-electron chi connectivity index (χ4n) is 3.40. The molecule has 0 aromatic rings. The lowest BCUT2D eigenvalue weighted by Crippen LogP contribution is -2.34. The zero-order valence-corrected chi connectivity index (χ0v) is 22.3. The summed E-state index contributed by atoms with van der Waals surface area (Å²) in [4.78, 5) is 12.0. The van der Waals surface area contributed by atoms with Crippen LogP contribution in [0.15, 0.2) is 0 Å². The summed E-state index contributed by atoms with van der Waals surface area (Å²) in [6, 6.07) is 0. The molecule has 0 aliphatic heterocycles. The van der Waals surface area contributed by atoms with Gasteiger partial charge in [0.1, 0.15) is 12.7 Å². The first-order valence-electron chi connectivity index (χ1n) is 12.7. The van der Waals surface area contributed by atoms with Crippen molar-refractivity contribution in [2.24, 2.45) is 0 Å². The molecule has 0 spiro atoms. The van der Waals surface area contributed by atoms with Gasteiger partial charge in [-0.2, -0.15) is 0 Å². The number of carbonyl (C=O) groups is 1. The number of rotatable bonds is 20. The van der Waals surface area contributed by atoms with Gasteiger partial charge in [-0.05, 0) is 40.3 Å². The molecule has 0 heterocycles. The molecule has 0 aromatic carbocycles. The molecule has 0 N–H and O–H groups in total. The average Bonchev–Trinajstić information content (AvgIpc) is 2.66. The summed E-state index contributed by atoms with van der Waals surface area (Å²) in [6.45, 7) is 13.4. The molecule has 0 fully saturated rings. The van der Waals surface area contributed by atoms with Gasteiger partial charge in [-0.1, -0.05) is 84.0 Å². The first-order valence-corrected chi connectivity index (χ1v) is 15.5. The van der Waals surface area contributed by atoms with E-state index in [1.54, 1.807) is 0 Å². The third-order valence-corrected chi connectivity index (χ3v) is 6.01. The Hall–Kier alpha value is -0.393. The molecule has 0 aliphatic carbocycles. The SMILES string of the molecule is CCCCCCCCCCCCCCCC(=O)OCC(COC(C)(C)C)O[SiH](C)C. The van der Waals surface area contributed by atoms with Crippen molar-refractivity contribution >= 4 is 15.0 Å². The quantitative estimate of drug-likeness (QED) is 0.113. The van der Waals surface area contributed by atoms with Crippen LogP contribution in [0, 0.1) is 0 Å². The third-order valence-electron chi connectivity index (χ3n) is 5.08. The maximum absolute atomic E-state index is 12.0. The van der Waals surface area contributed by atoms with Gasteiger partial charge < -0.3 is 13.9 Å². The van der Waals surface area contributed by atoms with Crippen LogP contribution in [0.1, 0.15) is 118 Å². The van der Waals surface area contributed by atoms with E-state index in [2.05, 4.69) is 20.0 Å². The van der Waals surface area contributed by atoms with Crippen molar-refractivity contribution in [3.05, 3.63) is 0 Å². The van der Waals surface area contributed by atoms with Crippen LogP contribution in [0.5, 0.6) is 0 Å². The predicted octanol–water partition coefficient (Wildman–Crippen LogP) is 7.19. The molecular weight excluding hydrogens is 392 g/mol. The molecule has 0 saturated carbocycles. The molecule has 0 aromatic heterocycles. The molecule has 30 heavy (non-hydrogen) atoms. The average molecular weight is 445 g/mol. The van der Waals surface area contributed by atoms with Gasteiger partial charge in [-0.3, -0.25) is 4.79 Å². The normalized spacial score (nSPS) is 13.0. The second-order valence-electron chi connectivity index (χ2n) is 9.91. The molecule has 4 nitrogen and oxygen atoms in total. The molecule has 0 aliphatic rings. The number of hydrogen-bond donors (Lipinski definition) is 0. The first-order chi connectivity index (χ1) is 14.2. The molecule has 0 amide bonds. The Morgan fingerprint density at radius 2 is 1.23 bits per heavy atom. The van der Waals surface area contributed by atoms with E-state index in [9.17, 15) is 4.79 Å². The molecule has 1 unspecified atom stereocenters. The fourth-order valence-corrected chi connectivity index (χ4v) is 4.33. The van der Waals surface area contributed by atoms with Gasteiger partial charge in [0.15, 0.2) is 9.04 Å². The first kappa shape index (κ1) is 29.6. The minimum absolute atomic E-state index is 0.104. The highest BCUT2D eigenvalue weighted by Crippen LogP contribution is 2.13. The van der Waals surface area contributed by atoms with E-state index in [1.165, 1.54) is 70.6 Å². The monoisotopic (exact) mass is 444 g/mol. The van der Waals surface area contributed by atoms with Crippen molar-refractivity contribution in [3.8, 4) is 0 Å². The summed E-state index contributed by atoms with van der Waals surface area (Å²) in [6.07, 6.45) is 17.4. The summed E-state index contributed by atoms with van der Waals surface area (Å²) in [5.74, 6) is -0.104. The number of esters is 1. The Bertz CT molecular complexity index is 393. The van der Waals surface area contributed by atoms with E-state index < -0.39 is 9.04 Å². The summed E-state index contributed by atoms with van der Waals surface area (Å²) < 4.78 is 17.2. The Labute approximate surface area is 189 Å². The van der Waals surface area contributed by atoms with Crippen LogP contribution in [0.3, 0.4) is 0 Å². The molecular formula is C25H52O4Si. The number of unbranched alkanes of at least 4 members (excludes halogenated alkanes) is 12. The zero-order valence-electron chi connectivity index (χ0n) is 21.1. The van der Waals surface area contributed by atoms with E-state index >= 15 is 0 Å². The van der Waals surface area contributed by atoms with Crippen LogP contribution in [-0.4, -0.2) is 39.9 Å². The van der Waals surface area contributed by atoms with Crippen LogP contribution in [0.4, 0.5) is 0 Å². The predicted molar refractivity (Wildman–Crippen MR) is 131 cm³/mol. The topological polar surface area (TPSA) is 44.8 Å². The van der Waals surface area contributed by atoms with Gasteiger partial charge in [-0.15, -0.1) is 0 Å². The molecule has 180 valence electrons.